The van der Waals surface area contributed by atoms with E-state index in [1.54, 1.807) is 31.4 Å². The number of hydrogen-bond acceptors (Lipinski definition) is 4. The molecule has 0 radical (unpaired) electrons. The van der Waals surface area contributed by atoms with E-state index >= 15 is 0 Å². The van der Waals surface area contributed by atoms with Gasteiger partial charge in [-0.15, -0.1) is 13.2 Å². The van der Waals surface area contributed by atoms with Gasteiger partial charge in [0.1, 0.15) is 11.5 Å². The number of thiocarbonyl (C=S) groups is 1. The zero-order chi connectivity index (χ0) is 19.2. The summed E-state index contributed by atoms with van der Waals surface area (Å²) in [4.78, 5) is 11.9. The van der Waals surface area contributed by atoms with Crippen LogP contribution in [0.2, 0.25) is 0 Å². The second-order valence-electron chi connectivity index (χ2n) is 4.83. The van der Waals surface area contributed by atoms with Gasteiger partial charge >= 0.3 is 6.36 Å². The molecule has 0 heterocycles. The lowest BCUT2D eigenvalue weighted by Crippen LogP contribution is -2.43. The maximum atomic E-state index is 12.1. The third-order valence-electron chi connectivity index (χ3n) is 2.99. The van der Waals surface area contributed by atoms with Crippen molar-refractivity contribution >= 4 is 28.9 Å². The third-order valence-corrected chi connectivity index (χ3v) is 3.19. The highest BCUT2D eigenvalue weighted by molar-refractivity contribution is 7.80. The number of rotatable bonds is 4. The summed E-state index contributed by atoms with van der Waals surface area (Å²) in [6.07, 6.45) is -4.79. The first kappa shape index (κ1) is 19.3. The SMILES string of the molecule is COc1ccc(NC(=S)NNC(=O)c2ccc(OC(F)(F)F)cc2)cc1. The van der Waals surface area contributed by atoms with Gasteiger partial charge < -0.3 is 14.8 Å². The van der Waals surface area contributed by atoms with E-state index in [1.807, 2.05) is 0 Å². The molecule has 6 nitrogen and oxygen atoms in total. The number of carbonyl (C=O) groups is 1. The molecule has 0 saturated carbocycles. The average molecular weight is 385 g/mol. The maximum Gasteiger partial charge on any atom is 0.573 e. The molecule has 0 aromatic heterocycles. The predicted octanol–water partition coefficient (Wildman–Crippen LogP) is 3.23. The number of hydrazine groups is 1. The van der Waals surface area contributed by atoms with E-state index in [0.29, 0.717) is 11.4 Å². The first-order valence-corrected chi connectivity index (χ1v) is 7.55. The Bertz CT molecular complexity index is 765. The monoisotopic (exact) mass is 385 g/mol. The number of halogens is 3. The first-order chi connectivity index (χ1) is 12.3. The molecular weight excluding hydrogens is 371 g/mol. The van der Waals surface area contributed by atoms with Crippen molar-refractivity contribution in [1.29, 1.82) is 0 Å². The van der Waals surface area contributed by atoms with Gasteiger partial charge in [-0.3, -0.25) is 15.6 Å². The van der Waals surface area contributed by atoms with Crippen LogP contribution >= 0.6 is 12.2 Å². The fourth-order valence-corrected chi connectivity index (χ4v) is 2.00. The second kappa shape index (κ2) is 8.39. The molecule has 2 aromatic carbocycles. The van der Waals surface area contributed by atoms with Crippen molar-refractivity contribution in [3.8, 4) is 11.5 Å². The van der Waals surface area contributed by atoms with E-state index in [2.05, 4.69) is 20.9 Å². The average Bonchev–Trinajstić information content (AvgIpc) is 2.59. The standard InChI is InChI=1S/C16H14F3N3O3S/c1-24-12-8-4-11(5-9-12)20-15(26)22-21-14(23)10-2-6-13(7-3-10)25-16(17,18)19/h2-9H,1H3,(H,21,23)(H2,20,22,26). The van der Waals surface area contributed by atoms with Crippen LogP contribution in [0.25, 0.3) is 0 Å². The van der Waals surface area contributed by atoms with Crippen LogP contribution in [0.15, 0.2) is 48.5 Å². The molecule has 2 rings (SSSR count). The van der Waals surface area contributed by atoms with Gasteiger partial charge in [0.05, 0.1) is 7.11 Å². The fraction of sp³-hybridized carbons (Fsp3) is 0.125. The minimum Gasteiger partial charge on any atom is -0.497 e. The molecule has 0 saturated heterocycles. The summed E-state index contributed by atoms with van der Waals surface area (Å²) in [7, 11) is 1.55. The Kier molecular flexibility index (Phi) is 6.23. The number of benzene rings is 2. The summed E-state index contributed by atoms with van der Waals surface area (Å²) in [5, 5.41) is 2.97. The van der Waals surface area contributed by atoms with E-state index in [-0.39, 0.29) is 10.7 Å². The van der Waals surface area contributed by atoms with Crippen molar-refractivity contribution in [2.45, 2.75) is 6.36 Å². The minimum absolute atomic E-state index is 0.124. The Balaban J connectivity index is 1.84. The highest BCUT2D eigenvalue weighted by Crippen LogP contribution is 2.22. The van der Waals surface area contributed by atoms with Gasteiger partial charge in [-0.2, -0.15) is 0 Å². The molecule has 0 bridgehead atoms. The van der Waals surface area contributed by atoms with Crippen LogP contribution < -0.4 is 25.6 Å². The molecule has 0 unspecified atom stereocenters. The molecule has 26 heavy (non-hydrogen) atoms. The Morgan fingerprint density at radius 1 is 0.962 bits per heavy atom. The molecule has 1 amide bonds. The molecule has 0 spiro atoms. The van der Waals surface area contributed by atoms with E-state index < -0.39 is 18.0 Å². The van der Waals surface area contributed by atoms with E-state index in [4.69, 9.17) is 17.0 Å². The highest BCUT2D eigenvalue weighted by atomic mass is 32.1. The lowest BCUT2D eigenvalue weighted by molar-refractivity contribution is -0.274. The van der Waals surface area contributed by atoms with Crippen molar-refractivity contribution in [3.63, 3.8) is 0 Å². The maximum absolute atomic E-state index is 12.1. The number of hydrogen-bond donors (Lipinski definition) is 3. The summed E-state index contributed by atoms with van der Waals surface area (Å²) >= 11 is 5.03. The smallest absolute Gasteiger partial charge is 0.497 e. The number of nitrogens with one attached hydrogen (secondary N) is 3. The van der Waals surface area contributed by atoms with E-state index in [9.17, 15) is 18.0 Å². The number of methoxy groups -OCH3 is 1. The second-order valence-corrected chi connectivity index (χ2v) is 5.24. The molecule has 0 fully saturated rings. The lowest BCUT2D eigenvalue weighted by Gasteiger charge is -2.12. The highest BCUT2D eigenvalue weighted by Gasteiger charge is 2.31. The van der Waals surface area contributed by atoms with Gasteiger partial charge in [0, 0.05) is 11.3 Å². The van der Waals surface area contributed by atoms with Gasteiger partial charge in [-0.1, -0.05) is 0 Å². The molecule has 0 aliphatic carbocycles. The minimum atomic E-state index is -4.79. The van der Waals surface area contributed by atoms with Gasteiger partial charge in [-0.05, 0) is 60.7 Å². The summed E-state index contributed by atoms with van der Waals surface area (Å²) in [6, 6.07) is 11.4. The van der Waals surface area contributed by atoms with Crippen molar-refractivity contribution in [2.75, 3.05) is 12.4 Å². The Morgan fingerprint density at radius 2 is 1.54 bits per heavy atom. The molecule has 2 aromatic rings. The topological polar surface area (TPSA) is 71.6 Å². The summed E-state index contributed by atoms with van der Waals surface area (Å²) in [5.41, 5.74) is 5.61. The summed E-state index contributed by atoms with van der Waals surface area (Å²) in [5.74, 6) is -0.318. The normalized spacial score (nSPS) is 10.6. The predicted molar refractivity (Wildman–Crippen MR) is 92.9 cm³/mol. The molecule has 138 valence electrons. The fourth-order valence-electron chi connectivity index (χ4n) is 1.83. The van der Waals surface area contributed by atoms with Crippen LogP contribution in [0.5, 0.6) is 11.5 Å². The van der Waals surface area contributed by atoms with Gasteiger partial charge in [0.2, 0.25) is 0 Å². The zero-order valence-electron chi connectivity index (χ0n) is 13.4. The molecule has 10 heteroatoms. The number of anilines is 1. The molecule has 0 aliphatic rings. The number of alkyl halides is 3. The molecule has 0 aliphatic heterocycles. The molecule has 0 atom stereocenters. The zero-order valence-corrected chi connectivity index (χ0v) is 14.2. The third kappa shape index (κ3) is 6.13. The summed E-state index contributed by atoms with van der Waals surface area (Å²) in [6.45, 7) is 0. The van der Waals surface area contributed by atoms with Crippen LogP contribution in [-0.4, -0.2) is 24.5 Å². The van der Waals surface area contributed by atoms with E-state index in [0.717, 1.165) is 12.1 Å². The van der Waals surface area contributed by atoms with Crippen LogP contribution in [0, 0.1) is 0 Å². The van der Waals surface area contributed by atoms with Gasteiger partial charge in [0.15, 0.2) is 5.11 Å². The van der Waals surface area contributed by atoms with Crippen molar-refractivity contribution < 1.29 is 27.4 Å². The van der Waals surface area contributed by atoms with Crippen LogP contribution in [0.1, 0.15) is 10.4 Å². The largest absolute Gasteiger partial charge is 0.573 e. The van der Waals surface area contributed by atoms with Crippen molar-refractivity contribution in [3.05, 3.63) is 54.1 Å². The van der Waals surface area contributed by atoms with Crippen LogP contribution in [0.3, 0.4) is 0 Å². The number of ether oxygens (including phenoxy) is 2. The number of amides is 1. The van der Waals surface area contributed by atoms with Gasteiger partial charge in [0.25, 0.3) is 5.91 Å². The summed E-state index contributed by atoms with van der Waals surface area (Å²) < 4.78 is 45.0. The Morgan fingerprint density at radius 3 is 2.08 bits per heavy atom. The quantitative estimate of drug-likeness (QED) is 0.555. The van der Waals surface area contributed by atoms with Crippen molar-refractivity contribution in [1.82, 2.24) is 10.9 Å². The van der Waals surface area contributed by atoms with Crippen molar-refractivity contribution in [2.24, 2.45) is 0 Å². The Labute approximate surface area is 152 Å². The lowest BCUT2D eigenvalue weighted by atomic mass is 10.2. The van der Waals surface area contributed by atoms with Crippen LogP contribution in [-0.2, 0) is 0 Å². The Hall–Kier alpha value is -3.01. The van der Waals surface area contributed by atoms with Crippen LogP contribution in [0.4, 0.5) is 18.9 Å². The number of carbonyl (C=O) groups excluding carboxylic acids is 1. The van der Waals surface area contributed by atoms with E-state index in [1.165, 1.54) is 12.1 Å². The molecule has 3 N–H and O–H groups in total. The van der Waals surface area contributed by atoms with Gasteiger partial charge in [-0.25, -0.2) is 0 Å². The first-order valence-electron chi connectivity index (χ1n) is 7.14. The molecular formula is C16H14F3N3O3S.